The van der Waals surface area contributed by atoms with Gasteiger partial charge in [-0.3, -0.25) is 4.79 Å². The first-order valence-corrected chi connectivity index (χ1v) is 6.01. The molecule has 2 heterocycles. The predicted octanol–water partition coefficient (Wildman–Crippen LogP) is -0.862. The number of hydrogen-bond donors (Lipinski definition) is 2. The number of rotatable bonds is 6. The molecule has 2 aromatic heterocycles. The summed E-state index contributed by atoms with van der Waals surface area (Å²) in [4.78, 5) is 15.7. The lowest BCUT2D eigenvalue weighted by molar-refractivity contribution is -0.122. The quantitative estimate of drug-likeness (QED) is 0.705. The van der Waals surface area contributed by atoms with E-state index in [0.717, 1.165) is 0 Å². The Bertz CT molecular complexity index is 519. The molecule has 1 amide bonds. The Morgan fingerprint density at radius 2 is 2.42 bits per heavy atom. The SMILES string of the molecule is CC(Cn1ccnc1)NC(=O)Cn1cc(CN)nn1. The van der Waals surface area contributed by atoms with Gasteiger partial charge in [-0.1, -0.05) is 5.21 Å². The van der Waals surface area contributed by atoms with Crippen molar-refractivity contribution < 1.29 is 4.79 Å². The lowest BCUT2D eigenvalue weighted by Crippen LogP contribution is -2.37. The van der Waals surface area contributed by atoms with Gasteiger partial charge >= 0.3 is 0 Å². The van der Waals surface area contributed by atoms with Gasteiger partial charge in [-0.15, -0.1) is 5.10 Å². The van der Waals surface area contributed by atoms with Crippen molar-refractivity contribution >= 4 is 5.91 Å². The Kier molecular flexibility index (Phi) is 4.24. The molecule has 0 aliphatic heterocycles. The Labute approximate surface area is 110 Å². The van der Waals surface area contributed by atoms with Crippen molar-refractivity contribution in [3.05, 3.63) is 30.6 Å². The highest BCUT2D eigenvalue weighted by atomic mass is 16.2. The largest absolute Gasteiger partial charge is 0.350 e. The van der Waals surface area contributed by atoms with Gasteiger partial charge in [0.15, 0.2) is 0 Å². The summed E-state index contributed by atoms with van der Waals surface area (Å²) in [6.45, 7) is 3.07. The molecule has 102 valence electrons. The molecule has 0 bridgehead atoms. The normalized spacial score (nSPS) is 12.3. The van der Waals surface area contributed by atoms with Crippen LogP contribution in [0.2, 0.25) is 0 Å². The highest BCUT2D eigenvalue weighted by Gasteiger charge is 2.09. The second-order valence-corrected chi connectivity index (χ2v) is 4.34. The highest BCUT2D eigenvalue weighted by molar-refractivity contribution is 5.75. The summed E-state index contributed by atoms with van der Waals surface area (Å²) in [7, 11) is 0. The number of nitrogens with one attached hydrogen (secondary N) is 1. The van der Waals surface area contributed by atoms with E-state index in [9.17, 15) is 4.79 Å². The molecular formula is C11H17N7O. The fraction of sp³-hybridized carbons (Fsp3) is 0.455. The van der Waals surface area contributed by atoms with Gasteiger partial charge in [-0.25, -0.2) is 9.67 Å². The van der Waals surface area contributed by atoms with Crippen LogP contribution in [0.1, 0.15) is 12.6 Å². The first-order valence-electron chi connectivity index (χ1n) is 6.01. The van der Waals surface area contributed by atoms with Crippen molar-refractivity contribution in [1.29, 1.82) is 0 Å². The van der Waals surface area contributed by atoms with Crippen LogP contribution in [0, 0.1) is 0 Å². The van der Waals surface area contributed by atoms with Crippen LogP contribution in [-0.4, -0.2) is 36.5 Å². The average Bonchev–Trinajstić information content (AvgIpc) is 3.00. The van der Waals surface area contributed by atoms with Gasteiger partial charge in [0.05, 0.1) is 18.2 Å². The van der Waals surface area contributed by atoms with Gasteiger partial charge in [0.1, 0.15) is 6.54 Å². The topological polar surface area (TPSA) is 104 Å². The van der Waals surface area contributed by atoms with Crippen LogP contribution in [0.15, 0.2) is 24.9 Å². The van der Waals surface area contributed by atoms with Gasteiger partial charge in [0.2, 0.25) is 5.91 Å². The molecule has 2 aromatic rings. The summed E-state index contributed by atoms with van der Waals surface area (Å²) in [6.07, 6.45) is 6.94. The summed E-state index contributed by atoms with van der Waals surface area (Å²) in [5.41, 5.74) is 6.09. The van der Waals surface area contributed by atoms with Gasteiger partial charge in [-0.05, 0) is 6.92 Å². The minimum atomic E-state index is -0.110. The van der Waals surface area contributed by atoms with Crippen molar-refractivity contribution in [2.24, 2.45) is 5.73 Å². The Morgan fingerprint density at radius 3 is 3.05 bits per heavy atom. The van der Waals surface area contributed by atoms with Gasteiger partial charge in [0.25, 0.3) is 0 Å². The number of carbonyl (C=O) groups excluding carboxylic acids is 1. The Hall–Kier alpha value is -2.22. The first kappa shape index (κ1) is 13.2. The number of carbonyl (C=O) groups is 1. The van der Waals surface area contributed by atoms with E-state index in [1.807, 2.05) is 17.7 Å². The molecule has 0 radical (unpaired) electrons. The number of nitrogens with two attached hydrogens (primary N) is 1. The van der Waals surface area contributed by atoms with Crippen LogP contribution in [0.5, 0.6) is 0 Å². The summed E-state index contributed by atoms with van der Waals surface area (Å²) in [5.74, 6) is -0.110. The van der Waals surface area contributed by atoms with E-state index in [0.29, 0.717) is 18.8 Å². The van der Waals surface area contributed by atoms with Crippen LogP contribution in [-0.2, 0) is 24.4 Å². The molecule has 0 aliphatic rings. The highest BCUT2D eigenvalue weighted by Crippen LogP contribution is 1.94. The maximum absolute atomic E-state index is 11.8. The van der Waals surface area contributed by atoms with Crippen LogP contribution >= 0.6 is 0 Å². The summed E-state index contributed by atoms with van der Waals surface area (Å²) < 4.78 is 3.38. The van der Waals surface area contributed by atoms with Crippen LogP contribution in [0.3, 0.4) is 0 Å². The number of amides is 1. The third-order valence-electron chi connectivity index (χ3n) is 2.55. The molecule has 19 heavy (non-hydrogen) atoms. The smallest absolute Gasteiger partial charge is 0.242 e. The third kappa shape index (κ3) is 3.88. The van der Waals surface area contributed by atoms with Crippen molar-refractivity contribution in [2.45, 2.75) is 32.6 Å². The van der Waals surface area contributed by atoms with Crippen molar-refractivity contribution in [2.75, 3.05) is 0 Å². The molecule has 8 heteroatoms. The van der Waals surface area contributed by atoms with Gasteiger partial charge in [0, 0.05) is 31.5 Å². The average molecular weight is 263 g/mol. The summed E-state index contributed by atoms with van der Waals surface area (Å²) >= 11 is 0. The molecule has 0 aromatic carbocycles. The fourth-order valence-electron chi connectivity index (χ4n) is 1.73. The molecule has 0 saturated heterocycles. The second-order valence-electron chi connectivity index (χ2n) is 4.34. The Morgan fingerprint density at radius 1 is 1.58 bits per heavy atom. The zero-order valence-corrected chi connectivity index (χ0v) is 10.7. The first-order chi connectivity index (χ1) is 9.17. The number of hydrogen-bond acceptors (Lipinski definition) is 5. The predicted molar refractivity (Wildman–Crippen MR) is 67.7 cm³/mol. The summed E-state index contributed by atoms with van der Waals surface area (Å²) in [5, 5.41) is 10.5. The number of imidazole rings is 1. The third-order valence-corrected chi connectivity index (χ3v) is 2.55. The van der Waals surface area contributed by atoms with Crippen molar-refractivity contribution in [3.8, 4) is 0 Å². The maximum Gasteiger partial charge on any atom is 0.242 e. The standard InChI is InChI=1S/C11H17N7O/c1-9(5-17-3-2-13-8-17)14-11(19)7-18-6-10(4-12)15-16-18/h2-3,6,8-9H,4-5,7,12H2,1H3,(H,14,19). The van der Waals surface area contributed by atoms with E-state index in [1.54, 1.807) is 18.7 Å². The van der Waals surface area contributed by atoms with E-state index >= 15 is 0 Å². The molecule has 0 spiro atoms. The van der Waals surface area contributed by atoms with Gasteiger partial charge < -0.3 is 15.6 Å². The van der Waals surface area contributed by atoms with E-state index in [4.69, 9.17) is 5.73 Å². The molecule has 1 atom stereocenters. The molecule has 0 aliphatic carbocycles. The second kappa shape index (κ2) is 6.10. The minimum Gasteiger partial charge on any atom is -0.350 e. The molecule has 1 unspecified atom stereocenters. The number of aromatic nitrogens is 5. The lowest BCUT2D eigenvalue weighted by atomic mass is 10.3. The zero-order valence-electron chi connectivity index (χ0n) is 10.7. The maximum atomic E-state index is 11.8. The number of nitrogens with zero attached hydrogens (tertiary/aromatic N) is 5. The van der Waals surface area contributed by atoms with Gasteiger partial charge in [-0.2, -0.15) is 0 Å². The van der Waals surface area contributed by atoms with E-state index in [-0.39, 0.29) is 18.5 Å². The molecular weight excluding hydrogens is 246 g/mol. The van der Waals surface area contributed by atoms with Crippen LogP contribution < -0.4 is 11.1 Å². The summed E-state index contributed by atoms with van der Waals surface area (Å²) in [6, 6.07) is 0.0131. The molecule has 2 rings (SSSR count). The van der Waals surface area contributed by atoms with Crippen molar-refractivity contribution in [1.82, 2.24) is 29.9 Å². The zero-order chi connectivity index (χ0) is 13.7. The molecule has 8 nitrogen and oxygen atoms in total. The van der Waals surface area contributed by atoms with Crippen molar-refractivity contribution in [3.63, 3.8) is 0 Å². The molecule has 0 saturated carbocycles. The lowest BCUT2D eigenvalue weighted by Gasteiger charge is -2.14. The molecule has 3 N–H and O–H groups in total. The molecule has 0 fully saturated rings. The Balaban J connectivity index is 1.80. The van der Waals surface area contributed by atoms with Crippen LogP contribution in [0.4, 0.5) is 0 Å². The fourth-order valence-corrected chi connectivity index (χ4v) is 1.73. The van der Waals surface area contributed by atoms with E-state index in [2.05, 4.69) is 20.6 Å². The van der Waals surface area contributed by atoms with E-state index in [1.165, 1.54) is 4.68 Å². The minimum absolute atomic E-state index is 0.0131. The van der Waals surface area contributed by atoms with Crippen LogP contribution in [0.25, 0.3) is 0 Å². The monoisotopic (exact) mass is 263 g/mol. The van der Waals surface area contributed by atoms with E-state index < -0.39 is 0 Å².